The number of halogens is 2. The third-order valence-electron chi connectivity index (χ3n) is 3.60. The molecule has 1 aliphatic rings. The Morgan fingerprint density at radius 3 is 2.61 bits per heavy atom. The molecule has 0 spiro atoms. The first kappa shape index (κ1) is 13.9. The van der Waals surface area contributed by atoms with Gasteiger partial charge in [-0.15, -0.1) is 0 Å². The van der Waals surface area contributed by atoms with Crippen LogP contribution in [0.1, 0.15) is 42.5 Å². The van der Waals surface area contributed by atoms with E-state index in [1.54, 1.807) is 18.2 Å². The van der Waals surface area contributed by atoms with E-state index in [1.165, 1.54) is 19.3 Å². The average molecular weight is 331 g/mol. The van der Waals surface area contributed by atoms with Crippen LogP contribution in [0.4, 0.5) is 0 Å². The zero-order valence-electron chi connectivity index (χ0n) is 10.5. The van der Waals surface area contributed by atoms with Crippen molar-refractivity contribution >= 4 is 33.4 Å². The van der Waals surface area contributed by atoms with E-state index in [9.17, 15) is 4.79 Å². The van der Waals surface area contributed by atoms with Crippen molar-refractivity contribution < 1.29 is 4.79 Å². The Labute approximate surface area is 121 Å². The maximum absolute atomic E-state index is 12.4. The van der Waals surface area contributed by atoms with Crippen LogP contribution in [0.3, 0.4) is 0 Å². The lowest BCUT2D eigenvalue weighted by atomic mass is 9.94. The van der Waals surface area contributed by atoms with Crippen LogP contribution in [0, 0.1) is 0 Å². The fourth-order valence-electron chi connectivity index (χ4n) is 2.49. The normalized spacial score (nSPS) is 16.6. The number of nitrogens with zero attached hydrogens (tertiary/aromatic N) is 1. The van der Waals surface area contributed by atoms with E-state index >= 15 is 0 Å². The molecule has 18 heavy (non-hydrogen) atoms. The standard InChI is InChI=1S/C14H17BrClNO/c1-17(11-5-3-2-4-6-11)14(18)12-8-7-10(16)9-13(12)15/h7-9,11H,2-6H2,1H3. The Hall–Kier alpha value is -0.540. The maximum atomic E-state index is 12.4. The summed E-state index contributed by atoms with van der Waals surface area (Å²) >= 11 is 9.30. The SMILES string of the molecule is CN(C(=O)c1ccc(Cl)cc1Br)C1CCCCC1. The Balaban J connectivity index is 2.14. The highest BCUT2D eigenvalue weighted by atomic mass is 79.9. The lowest BCUT2D eigenvalue weighted by molar-refractivity contribution is 0.0695. The Morgan fingerprint density at radius 1 is 1.33 bits per heavy atom. The second-order valence-corrected chi connectivity index (χ2v) is 6.12. The predicted octanol–water partition coefficient (Wildman–Crippen LogP) is 4.51. The zero-order valence-corrected chi connectivity index (χ0v) is 12.8. The molecule has 0 N–H and O–H groups in total. The van der Waals surface area contributed by atoms with Crippen LogP contribution in [0.2, 0.25) is 5.02 Å². The van der Waals surface area contributed by atoms with E-state index in [0.717, 1.165) is 17.3 Å². The van der Waals surface area contributed by atoms with Crippen LogP contribution in [0.15, 0.2) is 22.7 Å². The maximum Gasteiger partial charge on any atom is 0.254 e. The average Bonchev–Trinajstić information content (AvgIpc) is 2.38. The lowest BCUT2D eigenvalue weighted by Gasteiger charge is -2.31. The van der Waals surface area contributed by atoms with Gasteiger partial charge in [0.2, 0.25) is 0 Å². The van der Waals surface area contributed by atoms with Gasteiger partial charge < -0.3 is 4.90 Å². The summed E-state index contributed by atoms with van der Waals surface area (Å²) in [4.78, 5) is 14.3. The molecule has 0 radical (unpaired) electrons. The number of rotatable bonds is 2. The molecular formula is C14H17BrClNO. The molecule has 2 nitrogen and oxygen atoms in total. The minimum Gasteiger partial charge on any atom is -0.339 e. The van der Waals surface area contributed by atoms with E-state index in [0.29, 0.717) is 16.6 Å². The molecule has 1 aromatic rings. The van der Waals surface area contributed by atoms with Crippen molar-refractivity contribution in [2.75, 3.05) is 7.05 Å². The molecule has 1 aliphatic carbocycles. The summed E-state index contributed by atoms with van der Waals surface area (Å²) in [7, 11) is 1.90. The van der Waals surface area contributed by atoms with Crippen LogP contribution >= 0.6 is 27.5 Å². The minimum atomic E-state index is 0.0745. The van der Waals surface area contributed by atoms with E-state index in [-0.39, 0.29) is 5.91 Å². The Bertz CT molecular complexity index is 443. The van der Waals surface area contributed by atoms with Gasteiger partial charge in [-0.2, -0.15) is 0 Å². The van der Waals surface area contributed by atoms with Crippen LogP contribution < -0.4 is 0 Å². The van der Waals surface area contributed by atoms with Crippen molar-refractivity contribution in [1.29, 1.82) is 0 Å². The van der Waals surface area contributed by atoms with Gasteiger partial charge in [0.15, 0.2) is 0 Å². The topological polar surface area (TPSA) is 20.3 Å². The molecule has 1 amide bonds. The van der Waals surface area contributed by atoms with Crippen LogP contribution in [-0.2, 0) is 0 Å². The highest BCUT2D eigenvalue weighted by Gasteiger charge is 2.24. The van der Waals surface area contributed by atoms with Crippen molar-refractivity contribution in [2.24, 2.45) is 0 Å². The molecule has 0 aliphatic heterocycles. The largest absolute Gasteiger partial charge is 0.339 e. The summed E-state index contributed by atoms with van der Waals surface area (Å²) in [6, 6.07) is 5.69. The van der Waals surface area contributed by atoms with Crippen molar-refractivity contribution in [3.63, 3.8) is 0 Å². The van der Waals surface area contributed by atoms with E-state index in [1.807, 2.05) is 11.9 Å². The lowest BCUT2D eigenvalue weighted by Crippen LogP contribution is -2.38. The number of benzene rings is 1. The summed E-state index contributed by atoms with van der Waals surface area (Å²) in [5, 5.41) is 0.638. The molecule has 0 bridgehead atoms. The van der Waals surface area contributed by atoms with Gasteiger partial charge in [0.1, 0.15) is 0 Å². The summed E-state index contributed by atoms with van der Waals surface area (Å²) in [6.45, 7) is 0. The summed E-state index contributed by atoms with van der Waals surface area (Å²) in [5.74, 6) is 0.0745. The molecule has 0 aromatic heterocycles. The highest BCUT2D eigenvalue weighted by Crippen LogP contribution is 2.26. The number of hydrogen-bond acceptors (Lipinski definition) is 1. The summed E-state index contributed by atoms with van der Waals surface area (Å²) in [6.07, 6.45) is 5.98. The molecule has 0 unspecified atom stereocenters. The van der Waals surface area contributed by atoms with Gasteiger partial charge in [-0.05, 0) is 47.0 Å². The van der Waals surface area contributed by atoms with Gasteiger partial charge in [0, 0.05) is 22.6 Å². The fourth-order valence-corrected chi connectivity index (χ4v) is 3.34. The zero-order chi connectivity index (χ0) is 13.1. The number of hydrogen-bond donors (Lipinski definition) is 0. The van der Waals surface area contributed by atoms with Gasteiger partial charge in [-0.1, -0.05) is 30.9 Å². The molecule has 0 saturated heterocycles. The summed E-state index contributed by atoms with van der Waals surface area (Å²) < 4.78 is 0.766. The molecule has 4 heteroatoms. The molecule has 0 heterocycles. The molecule has 0 atom stereocenters. The number of carbonyl (C=O) groups excluding carboxylic acids is 1. The van der Waals surface area contributed by atoms with Gasteiger partial charge >= 0.3 is 0 Å². The van der Waals surface area contributed by atoms with Gasteiger partial charge in [-0.25, -0.2) is 0 Å². The van der Waals surface area contributed by atoms with E-state index < -0.39 is 0 Å². The van der Waals surface area contributed by atoms with Crippen molar-refractivity contribution in [3.05, 3.63) is 33.3 Å². The third-order valence-corrected chi connectivity index (χ3v) is 4.50. The molecular weight excluding hydrogens is 314 g/mol. The Kier molecular flexibility index (Phi) is 4.68. The first-order valence-electron chi connectivity index (χ1n) is 6.32. The second kappa shape index (κ2) is 6.07. The highest BCUT2D eigenvalue weighted by molar-refractivity contribution is 9.10. The summed E-state index contributed by atoms with van der Waals surface area (Å²) in [5.41, 5.74) is 0.687. The van der Waals surface area contributed by atoms with Crippen LogP contribution in [0.5, 0.6) is 0 Å². The van der Waals surface area contributed by atoms with Crippen molar-refractivity contribution in [3.8, 4) is 0 Å². The minimum absolute atomic E-state index is 0.0745. The third kappa shape index (κ3) is 3.07. The Morgan fingerprint density at radius 2 is 2.00 bits per heavy atom. The van der Waals surface area contributed by atoms with Crippen LogP contribution in [0.25, 0.3) is 0 Å². The molecule has 98 valence electrons. The smallest absolute Gasteiger partial charge is 0.254 e. The molecule has 2 rings (SSSR count). The van der Waals surface area contributed by atoms with Crippen molar-refractivity contribution in [1.82, 2.24) is 4.90 Å². The van der Waals surface area contributed by atoms with Crippen molar-refractivity contribution in [2.45, 2.75) is 38.1 Å². The monoisotopic (exact) mass is 329 g/mol. The van der Waals surface area contributed by atoms with E-state index in [2.05, 4.69) is 15.9 Å². The fraction of sp³-hybridized carbons (Fsp3) is 0.500. The first-order valence-corrected chi connectivity index (χ1v) is 7.49. The molecule has 1 fully saturated rings. The number of amides is 1. The van der Waals surface area contributed by atoms with Gasteiger partial charge in [-0.3, -0.25) is 4.79 Å². The quantitative estimate of drug-likeness (QED) is 0.781. The van der Waals surface area contributed by atoms with E-state index in [4.69, 9.17) is 11.6 Å². The molecule has 1 saturated carbocycles. The van der Waals surface area contributed by atoms with Crippen LogP contribution in [-0.4, -0.2) is 23.9 Å². The number of carbonyl (C=O) groups is 1. The van der Waals surface area contributed by atoms with Gasteiger partial charge in [0.05, 0.1) is 5.56 Å². The predicted molar refractivity (Wildman–Crippen MR) is 78.1 cm³/mol. The molecule has 1 aromatic carbocycles. The second-order valence-electron chi connectivity index (χ2n) is 4.83. The van der Waals surface area contributed by atoms with Gasteiger partial charge in [0.25, 0.3) is 5.91 Å². The first-order chi connectivity index (χ1) is 8.59.